The zero-order valence-corrected chi connectivity index (χ0v) is 11.5. The van der Waals surface area contributed by atoms with Crippen LogP contribution in [0.3, 0.4) is 0 Å². The molecule has 0 aliphatic carbocycles. The Hall–Kier alpha value is -2.23. The summed E-state index contributed by atoms with van der Waals surface area (Å²) in [7, 11) is 1.31. The molecule has 0 aromatic carbocycles. The molecule has 0 aromatic heterocycles. The first-order valence-corrected chi connectivity index (χ1v) is 5.80. The Balaban J connectivity index is 3.84. The monoisotopic (exact) mass is 258 g/mol. The van der Waals surface area contributed by atoms with Gasteiger partial charge in [-0.15, -0.1) is 0 Å². The van der Waals surface area contributed by atoms with Crippen molar-refractivity contribution in [2.45, 2.75) is 13.8 Å². The second kappa shape index (κ2) is 12.2. The summed E-state index contributed by atoms with van der Waals surface area (Å²) in [5, 5.41) is 0. The highest BCUT2D eigenvalue weighted by Crippen LogP contribution is 1.91. The van der Waals surface area contributed by atoms with Crippen LogP contribution in [0, 0.1) is 23.7 Å². The maximum atomic E-state index is 10.7. The third kappa shape index (κ3) is 12.0. The van der Waals surface area contributed by atoms with Crippen LogP contribution in [-0.4, -0.2) is 26.3 Å². The summed E-state index contributed by atoms with van der Waals surface area (Å²) in [5.74, 6) is 10.1. The van der Waals surface area contributed by atoms with Gasteiger partial charge in [0.05, 0.1) is 20.3 Å². The van der Waals surface area contributed by atoms with Crippen molar-refractivity contribution in [1.82, 2.24) is 0 Å². The van der Waals surface area contributed by atoms with Crippen LogP contribution < -0.4 is 0 Å². The summed E-state index contributed by atoms with van der Waals surface area (Å²) in [6.45, 7) is 5.15. The minimum atomic E-state index is -0.435. The van der Waals surface area contributed by atoms with Crippen LogP contribution in [-0.2, 0) is 14.3 Å². The Kier molecular flexibility index (Phi) is 10.8. The van der Waals surface area contributed by atoms with Crippen molar-refractivity contribution in [3.63, 3.8) is 0 Å². The first kappa shape index (κ1) is 16.8. The number of carbonyl (C=O) groups is 1. The number of hydrogen-bond donors (Lipinski definition) is 0. The zero-order chi connectivity index (χ0) is 14.3. The highest BCUT2D eigenvalue weighted by Gasteiger charge is 1.86. The minimum absolute atomic E-state index is 0.435. The fraction of sp³-hybridized carbons (Fsp3) is 0.312. The SMILES string of the molecule is CC=C(C)COCC=CC#CC#CC=CC(=O)OC. The summed E-state index contributed by atoms with van der Waals surface area (Å²) in [4.78, 5) is 10.7. The van der Waals surface area contributed by atoms with Gasteiger partial charge in [0.1, 0.15) is 0 Å². The fourth-order valence-corrected chi connectivity index (χ4v) is 0.812. The average molecular weight is 258 g/mol. The van der Waals surface area contributed by atoms with E-state index in [1.54, 1.807) is 6.08 Å². The Morgan fingerprint density at radius 3 is 2.53 bits per heavy atom. The molecule has 0 radical (unpaired) electrons. The van der Waals surface area contributed by atoms with E-state index in [0.717, 1.165) is 0 Å². The molecule has 0 aliphatic rings. The molecule has 19 heavy (non-hydrogen) atoms. The second-order valence-corrected chi connectivity index (χ2v) is 3.45. The average Bonchev–Trinajstić information content (AvgIpc) is 2.43. The van der Waals surface area contributed by atoms with Crippen LogP contribution in [0.4, 0.5) is 0 Å². The van der Waals surface area contributed by atoms with Crippen LogP contribution in [0.25, 0.3) is 0 Å². The fourth-order valence-electron chi connectivity index (χ4n) is 0.812. The summed E-state index contributed by atoms with van der Waals surface area (Å²) in [6, 6.07) is 0. The first-order chi connectivity index (χ1) is 9.20. The molecule has 0 spiro atoms. The van der Waals surface area contributed by atoms with Gasteiger partial charge in [-0.2, -0.15) is 0 Å². The molecular formula is C16H18O3. The molecule has 0 fully saturated rings. The largest absolute Gasteiger partial charge is 0.466 e. The van der Waals surface area contributed by atoms with Crippen LogP contribution in [0.2, 0.25) is 0 Å². The van der Waals surface area contributed by atoms with E-state index in [-0.39, 0.29) is 0 Å². The van der Waals surface area contributed by atoms with Gasteiger partial charge in [-0.3, -0.25) is 0 Å². The molecule has 0 aliphatic heterocycles. The van der Waals surface area contributed by atoms with Gasteiger partial charge in [0, 0.05) is 6.08 Å². The number of methoxy groups -OCH3 is 1. The number of ether oxygens (including phenoxy) is 2. The predicted molar refractivity (Wildman–Crippen MR) is 76.1 cm³/mol. The topological polar surface area (TPSA) is 35.5 Å². The molecule has 0 rings (SSSR count). The van der Waals surface area contributed by atoms with Gasteiger partial charge >= 0.3 is 5.97 Å². The lowest BCUT2D eigenvalue weighted by molar-refractivity contribution is -0.134. The molecule has 0 aromatic rings. The van der Waals surface area contributed by atoms with E-state index in [1.165, 1.54) is 24.8 Å². The van der Waals surface area contributed by atoms with E-state index in [9.17, 15) is 4.79 Å². The summed E-state index contributed by atoms with van der Waals surface area (Å²) in [6.07, 6.45) is 8.15. The standard InChI is InChI=1S/C16H18O3/c1-4-15(2)14-19-13-11-9-7-5-6-8-10-12-16(17)18-3/h4,9-12H,13-14H2,1-3H3. The molecular weight excluding hydrogens is 240 g/mol. The molecule has 0 unspecified atom stereocenters. The van der Waals surface area contributed by atoms with Crippen LogP contribution >= 0.6 is 0 Å². The maximum Gasteiger partial charge on any atom is 0.331 e. The smallest absolute Gasteiger partial charge is 0.331 e. The van der Waals surface area contributed by atoms with Crippen LogP contribution in [0.15, 0.2) is 36.0 Å². The van der Waals surface area contributed by atoms with Gasteiger partial charge < -0.3 is 9.47 Å². The Labute approximate surface area is 115 Å². The van der Waals surface area contributed by atoms with Crippen molar-refractivity contribution in [3.05, 3.63) is 36.0 Å². The van der Waals surface area contributed by atoms with Gasteiger partial charge in [0.2, 0.25) is 0 Å². The van der Waals surface area contributed by atoms with Crippen LogP contribution in [0.1, 0.15) is 13.8 Å². The molecule has 0 heterocycles. The number of allylic oxidation sites excluding steroid dienone is 3. The molecule has 0 saturated heterocycles. The number of hydrogen-bond acceptors (Lipinski definition) is 3. The Morgan fingerprint density at radius 2 is 1.89 bits per heavy atom. The molecule has 3 heteroatoms. The van der Waals surface area contributed by atoms with Crippen molar-refractivity contribution in [2.75, 3.05) is 20.3 Å². The predicted octanol–water partition coefficient (Wildman–Crippen LogP) is 2.26. The van der Waals surface area contributed by atoms with Crippen molar-refractivity contribution in [2.24, 2.45) is 0 Å². The molecule has 0 bridgehead atoms. The van der Waals surface area contributed by atoms with E-state index in [1.807, 2.05) is 26.0 Å². The molecule has 3 nitrogen and oxygen atoms in total. The number of rotatable bonds is 5. The van der Waals surface area contributed by atoms with E-state index in [0.29, 0.717) is 13.2 Å². The van der Waals surface area contributed by atoms with Crippen molar-refractivity contribution >= 4 is 5.97 Å². The maximum absolute atomic E-state index is 10.7. The lowest BCUT2D eigenvalue weighted by Crippen LogP contribution is -1.94. The third-order valence-corrected chi connectivity index (χ3v) is 1.95. The number of carbonyl (C=O) groups excluding carboxylic acids is 1. The Morgan fingerprint density at radius 1 is 1.21 bits per heavy atom. The van der Waals surface area contributed by atoms with Gasteiger partial charge in [0.15, 0.2) is 0 Å². The molecule has 0 atom stereocenters. The Bertz CT molecular complexity index is 474. The highest BCUT2D eigenvalue weighted by atomic mass is 16.5. The lowest BCUT2D eigenvalue weighted by atomic mass is 10.3. The van der Waals surface area contributed by atoms with E-state index in [2.05, 4.69) is 28.4 Å². The van der Waals surface area contributed by atoms with E-state index >= 15 is 0 Å². The molecule has 0 saturated carbocycles. The van der Waals surface area contributed by atoms with Gasteiger partial charge in [-0.05, 0) is 37.8 Å². The molecule has 100 valence electrons. The summed E-state index contributed by atoms with van der Waals surface area (Å²) in [5.41, 5.74) is 1.20. The van der Waals surface area contributed by atoms with Gasteiger partial charge in [0.25, 0.3) is 0 Å². The first-order valence-electron chi connectivity index (χ1n) is 5.80. The zero-order valence-electron chi connectivity index (χ0n) is 11.5. The van der Waals surface area contributed by atoms with Crippen LogP contribution in [0.5, 0.6) is 0 Å². The minimum Gasteiger partial charge on any atom is -0.466 e. The normalized spacial score (nSPS) is 10.8. The molecule has 0 amide bonds. The van der Waals surface area contributed by atoms with Crippen molar-refractivity contribution < 1.29 is 14.3 Å². The van der Waals surface area contributed by atoms with E-state index < -0.39 is 5.97 Å². The summed E-state index contributed by atoms with van der Waals surface area (Å²) >= 11 is 0. The van der Waals surface area contributed by atoms with Crippen molar-refractivity contribution in [3.8, 4) is 23.7 Å². The van der Waals surface area contributed by atoms with Crippen molar-refractivity contribution in [1.29, 1.82) is 0 Å². The van der Waals surface area contributed by atoms with Gasteiger partial charge in [-0.25, -0.2) is 4.79 Å². The molecule has 0 N–H and O–H groups in total. The highest BCUT2D eigenvalue weighted by molar-refractivity contribution is 5.82. The summed E-state index contributed by atoms with van der Waals surface area (Å²) < 4.78 is 9.75. The number of esters is 1. The quantitative estimate of drug-likeness (QED) is 0.249. The van der Waals surface area contributed by atoms with Gasteiger partial charge in [-0.1, -0.05) is 29.6 Å². The lowest BCUT2D eigenvalue weighted by Gasteiger charge is -1.98. The second-order valence-electron chi connectivity index (χ2n) is 3.45. The third-order valence-electron chi connectivity index (χ3n) is 1.95. The van der Waals surface area contributed by atoms with E-state index in [4.69, 9.17) is 4.74 Å².